The summed E-state index contributed by atoms with van der Waals surface area (Å²) in [6, 6.07) is 17.8. The van der Waals surface area contributed by atoms with Crippen molar-refractivity contribution in [2.24, 2.45) is 11.3 Å². The van der Waals surface area contributed by atoms with Gasteiger partial charge in [0.05, 0.1) is 40.0 Å². The van der Waals surface area contributed by atoms with Crippen molar-refractivity contribution in [1.29, 1.82) is 0 Å². The standard InChI is InChI=1S/C48H58N8O9S2/c1-31(2)38-6-4-5-7-39(38)42-30-66(61,62)21-20-55(42)35-25-48(26-35)15-18-54(19-16-48)34-8-9-40(43(23-34)65-36-22-33-12-17-49-44(33)51-28-36)46(57)53-67(63,64)37-24-41(56(59)60)45(52-29-37)50-27-32-10-13-47(3,58)14-11-32/h4-9,12,17,22-24,28-29,31-32,35,42,58H,10-11,13-16,18-21,25-27,30H2,1-3H3,(H,49,51)(H,50,52)(H,53,57)/t32-,42-,47-/m0/s1. The number of sulfone groups is 1. The van der Waals surface area contributed by atoms with Crippen molar-refractivity contribution in [2.45, 2.75) is 101 Å². The van der Waals surface area contributed by atoms with Crippen LogP contribution in [0.2, 0.25) is 0 Å². The number of aliphatic hydroxyl groups is 1. The van der Waals surface area contributed by atoms with Crippen molar-refractivity contribution in [3.63, 3.8) is 0 Å². The fourth-order valence-electron chi connectivity index (χ4n) is 10.6. The number of H-pyrrole nitrogens is 1. The fourth-order valence-corrected chi connectivity index (χ4v) is 13.0. The summed E-state index contributed by atoms with van der Waals surface area (Å²) in [5.41, 5.74) is 2.47. The summed E-state index contributed by atoms with van der Waals surface area (Å²) in [6.07, 6.45) is 10.7. The van der Waals surface area contributed by atoms with Gasteiger partial charge in [-0.2, -0.15) is 0 Å². The fraction of sp³-hybridized carbons (Fsp3) is 0.479. The maximum absolute atomic E-state index is 14.0. The van der Waals surface area contributed by atoms with Crippen LogP contribution in [-0.2, 0) is 19.9 Å². The van der Waals surface area contributed by atoms with E-state index in [-0.39, 0.29) is 58.0 Å². The molecule has 2 aromatic carbocycles. The molecule has 1 atom stereocenters. The molecular weight excluding hydrogens is 897 g/mol. The molecule has 2 aliphatic carbocycles. The minimum atomic E-state index is -4.66. The van der Waals surface area contributed by atoms with E-state index >= 15 is 0 Å². The molecule has 4 N–H and O–H groups in total. The van der Waals surface area contributed by atoms with Gasteiger partial charge in [0.15, 0.2) is 9.84 Å². The quantitative estimate of drug-likeness (QED) is 0.0663. The lowest BCUT2D eigenvalue weighted by atomic mass is 9.59. The predicted octanol–water partition coefficient (Wildman–Crippen LogP) is 7.47. The van der Waals surface area contributed by atoms with Gasteiger partial charge in [-0.15, -0.1) is 0 Å². The van der Waals surface area contributed by atoms with Gasteiger partial charge in [-0.3, -0.25) is 19.8 Å². The van der Waals surface area contributed by atoms with Gasteiger partial charge in [0.2, 0.25) is 5.82 Å². The van der Waals surface area contributed by atoms with E-state index in [0.717, 1.165) is 80.5 Å². The number of amides is 1. The number of aromatic amines is 1. The highest BCUT2D eigenvalue weighted by Gasteiger charge is 2.50. The van der Waals surface area contributed by atoms with Gasteiger partial charge in [0.25, 0.3) is 15.9 Å². The second-order valence-corrected chi connectivity index (χ2v) is 23.5. The molecule has 4 aliphatic rings. The van der Waals surface area contributed by atoms with Crippen molar-refractivity contribution in [1.82, 2.24) is 24.6 Å². The molecule has 0 bridgehead atoms. The summed E-state index contributed by atoms with van der Waals surface area (Å²) < 4.78 is 61.8. The third-order valence-electron chi connectivity index (χ3n) is 14.6. The summed E-state index contributed by atoms with van der Waals surface area (Å²) in [5.74, 6) is 0.0337. The normalized spacial score (nSPS) is 23.2. The zero-order chi connectivity index (χ0) is 47.3. The maximum Gasteiger partial charge on any atom is 0.312 e. The average molecular weight is 955 g/mol. The van der Waals surface area contributed by atoms with Crippen molar-refractivity contribution in [2.75, 3.05) is 47.9 Å². The van der Waals surface area contributed by atoms with Crippen LogP contribution in [0, 0.1) is 21.4 Å². The van der Waals surface area contributed by atoms with E-state index in [4.69, 9.17) is 4.74 Å². The van der Waals surface area contributed by atoms with Crippen molar-refractivity contribution >= 4 is 54.0 Å². The second-order valence-electron chi connectivity index (χ2n) is 19.6. The molecule has 0 radical (unpaired) electrons. The predicted molar refractivity (Wildman–Crippen MR) is 255 cm³/mol. The van der Waals surface area contributed by atoms with Crippen molar-refractivity contribution in [3.05, 3.63) is 106 Å². The highest BCUT2D eigenvalue weighted by atomic mass is 32.2. The first-order chi connectivity index (χ1) is 31.9. The number of hydrogen-bond acceptors (Lipinski definition) is 14. The van der Waals surface area contributed by atoms with E-state index in [2.05, 4.69) is 60.8 Å². The van der Waals surface area contributed by atoms with Crippen molar-refractivity contribution in [3.8, 4) is 11.5 Å². The molecule has 3 aromatic heterocycles. The van der Waals surface area contributed by atoms with Crippen LogP contribution in [0.3, 0.4) is 0 Å². The van der Waals surface area contributed by atoms with Gasteiger partial charge in [-0.25, -0.2) is 31.5 Å². The number of anilines is 2. The van der Waals surface area contributed by atoms with Gasteiger partial charge >= 0.3 is 5.69 Å². The van der Waals surface area contributed by atoms with E-state index in [1.807, 2.05) is 18.2 Å². The number of piperidine rings is 1. The largest absolute Gasteiger partial charge is 0.455 e. The second kappa shape index (κ2) is 18.1. The number of benzene rings is 2. The Hall–Kier alpha value is -5.63. The highest BCUT2D eigenvalue weighted by molar-refractivity contribution is 7.91. The van der Waals surface area contributed by atoms with Gasteiger partial charge in [-0.1, -0.05) is 38.1 Å². The Kier molecular flexibility index (Phi) is 12.6. The van der Waals surface area contributed by atoms with E-state index in [1.165, 1.54) is 17.8 Å². The zero-order valence-electron chi connectivity index (χ0n) is 38.0. The summed E-state index contributed by atoms with van der Waals surface area (Å²) in [6.45, 7) is 8.44. The monoisotopic (exact) mass is 954 g/mol. The number of rotatable bonds is 13. The summed E-state index contributed by atoms with van der Waals surface area (Å²) >= 11 is 0. The molecule has 4 fully saturated rings. The molecule has 5 heterocycles. The molecule has 356 valence electrons. The Bertz CT molecular complexity index is 2900. The van der Waals surface area contributed by atoms with Crippen LogP contribution in [0.5, 0.6) is 11.5 Å². The number of pyridine rings is 2. The summed E-state index contributed by atoms with van der Waals surface area (Å²) in [5, 5.41) is 26.2. The van der Waals surface area contributed by atoms with Crippen LogP contribution in [0.4, 0.5) is 17.2 Å². The molecule has 2 saturated carbocycles. The molecule has 1 amide bonds. The number of nitrogens with zero attached hydrogens (tertiary/aromatic N) is 5. The zero-order valence-corrected chi connectivity index (χ0v) is 39.6. The molecule has 1 spiro atoms. The summed E-state index contributed by atoms with van der Waals surface area (Å²) in [4.78, 5) is 41.1. The Morgan fingerprint density at radius 1 is 1.01 bits per heavy atom. The Morgan fingerprint density at radius 3 is 2.49 bits per heavy atom. The molecule has 19 heteroatoms. The van der Waals surface area contributed by atoms with Gasteiger partial charge in [0, 0.05) is 67.7 Å². The minimum absolute atomic E-state index is 0.0823. The lowest BCUT2D eigenvalue weighted by Crippen LogP contribution is -2.58. The third kappa shape index (κ3) is 10.0. The van der Waals surface area contributed by atoms with Crippen LogP contribution < -0.4 is 19.7 Å². The first kappa shape index (κ1) is 46.5. The highest BCUT2D eigenvalue weighted by Crippen LogP contribution is 2.53. The molecule has 5 aromatic rings. The van der Waals surface area contributed by atoms with E-state index < -0.39 is 46.9 Å². The molecule has 0 unspecified atom stereocenters. The maximum atomic E-state index is 14.0. The number of nitro groups is 1. The van der Waals surface area contributed by atoms with E-state index in [9.17, 15) is 36.9 Å². The summed E-state index contributed by atoms with van der Waals surface area (Å²) in [7, 11) is -7.83. The van der Waals surface area contributed by atoms with E-state index in [0.29, 0.717) is 37.3 Å². The molecule has 17 nitrogen and oxygen atoms in total. The van der Waals surface area contributed by atoms with Crippen molar-refractivity contribution < 1.29 is 36.4 Å². The first-order valence-corrected chi connectivity index (χ1v) is 26.4. The van der Waals surface area contributed by atoms with Crippen LogP contribution in [0.25, 0.3) is 11.0 Å². The van der Waals surface area contributed by atoms with E-state index in [1.54, 1.807) is 31.3 Å². The number of fused-ring (bicyclic) bond motifs is 1. The molecule has 2 saturated heterocycles. The van der Waals surface area contributed by atoms with Gasteiger partial charge in [0.1, 0.15) is 22.0 Å². The third-order valence-corrected chi connectivity index (χ3v) is 17.5. The number of aromatic nitrogens is 3. The number of hydrogen-bond donors (Lipinski definition) is 4. The molecule has 9 rings (SSSR count). The smallest absolute Gasteiger partial charge is 0.312 e. The number of nitrogens with one attached hydrogen (secondary N) is 3. The number of ether oxygens (including phenoxy) is 1. The number of carbonyl (C=O) groups is 1. The average Bonchev–Trinajstić information content (AvgIpc) is 3.76. The molecule has 2 aliphatic heterocycles. The van der Waals surface area contributed by atoms with Gasteiger partial charge in [-0.05, 0) is 111 Å². The number of sulfonamides is 1. The Balaban J connectivity index is 0.903. The van der Waals surface area contributed by atoms with Crippen LogP contribution in [0.15, 0.2) is 84.1 Å². The lowest BCUT2D eigenvalue weighted by Gasteiger charge is -2.57. The number of carbonyl (C=O) groups excluding carboxylic acids is 1. The minimum Gasteiger partial charge on any atom is -0.455 e. The van der Waals surface area contributed by atoms with Crippen LogP contribution >= 0.6 is 0 Å². The first-order valence-electron chi connectivity index (χ1n) is 23.1. The van der Waals surface area contributed by atoms with Crippen LogP contribution in [0.1, 0.15) is 106 Å². The lowest BCUT2D eigenvalue weighted by molar-refractivity contribution is -0.384. The SMILES string of the molecule is CC(C)c1ccccc1[C@@H]1CS(=O)(=O)CCN1C1CC2(CCN(c3ccc(C(=O)NS(=O)(=O)c4cnc(NC[C@H]5CC[C@](C)(O)CC5)c([N+](=O)[O-])c4)c(Oc4cnc5[nH]ccc5c4)c3)CC2)C1. The Labute approximate surface area is 390 Å². The Morgan fingerprint density at radius 2 is 1.76 bits per heavy atom. The molecule has 67 heavy (non-hydrogen) atoms. The topological polar surface area (TPSA) is 230 Å². The van der Waals surface area contributed by atoms with Crippen LogP contribution in [-0.4, -0.2) is 102 Å². The van der Waals surface area contributed by atoms with Gasteiger partial charge < -0.3 is 25.0 Å². The molecular formula is C48H58N8O9S2.